The molecule has 3 heterocycles. The van der Waals surface area contributed by atoms with Gasteiger partial charge in [-0.25, -0.2) is 0 Å². The van der Waals surface area contributed by atoms with Crippen LogP contribution in [0.1, 0.15) is 18.1 Å². The molecule has 1 fully saturated rings. The quantitative estimate of drug-likeness (QED) is 0.632. The SMILES string of the molecule is CCOC(=O)[C@H]1[C@H](C(F)(F)F)N[C@@]2(C(=O)N(C)c3cc(Cl)ccc32)[C@]12C(=O)N(C)c1ccccc12. The highest BCUT2D eigenvalue weighted by molar-refractivity contribution is 6.31. The minimum atomic E-state index is -4.99. The van der Waals surface area contributed by atoms with Gasteiger partial charge in [-0.3, -0.25) is 19.7 Å². The molecule has 2 amide bonds. The van der Waals surface area contributed by atoms with Crippen molar-refractivity contribution >= 4 is 40.8 Å². The summed E-state index contributed by atoms with van der Waals surface area (Å²) in [5.74, 6) is -4.88. The second kappa shape index (κ2) is 7.44. The van der Waals surface area contributed by atoms with Gasteiger partial charge in [-0.05, 0) is 30.7 Å². The summed E-state index contributed by atoms with van der Waals surface area (Å²) in [5, 5.41) is 2.73. The number of para-hydroxylation sites is 1. The molecule has 0 unspecified atom stereocenters. The molecule has 1 N–H and O–H groups in total. The first-order valence-corrected chi connectivity index (χ1v) is 11.3. The topological polar surface area (TPSA) is 79.0 Å². The number of nitrogens with zero attached hydrogens (tertiary/aromatic N) is 2. The zero-order valence-electron chi connectivity index (χ0n) is 18.9. The second-order valence-corrected chi connectivity index (χ2v) is 9.29. The van der Waals surface area contributed by atoms with Crippen LogP contribution in [-0.4, -0.2) is 50.7 Å². The van der Waals surface area contributed by atoms with Crippen LogP contribution in [0.25, 0.3) is 0 Å². The molecule has 7 nitrogen and oxygen atoms in total. The molecule has 4 atom stereocenters. The van der Waals surface area contributed by atoms with E-state index in [1.807, 2.05) is 0 Å². The Bertz CT molecular complexity index is 1280. The molecule has 2 aromatic carbocycles. The van der Waals surface area contributed by atoms with E-state index in [-0.39, 0.29) is 28.4 Å². The van der Waals surface area contributed by atoms with E-state index in [1.54, 1.807) is 18.2 Å². The number of halogens is 4. The number of ether oxygens (including phenoxy) is 1. The molecule has 1 saturated heterocycles. The summed E-state index contributed by atoms with van der Waals surface area (Å²) in [5.41, 5.74) is -3.66. The first-order chi connectivity index (χ1) is 16.4. The summed E-state index contributed by atoms with van der Waals surface area (Å²) in [4.78, 5) is 43.9. The van der Waals surface area contributed by atoms with Crippen LogP contribution in [0.4, 0.5) is 24.5 Å². The van der Waals surface area contributed by atoms with Gasteiger partial charge in [0.1, 0.15) is 22.9 Å². The van der Waals surface area contributed by atoms with Gasteiger partial charge < -0.3 is 14.5 Å². The number of carbonyl (C=O) groups is 3. The number of hydrogen-bond acceptors (Lipinski definition) is 5. The maximum Gasteiger partial charge on any atom is 0.404 e. The van der Waals surface area contributed by atoms with Gasteiger partial charge in [-0.15, -0.1) is 0 Å². The fourth-order valence-electron chi connectivity index (χ4n) is 6.08. The second-order valence-electron chi connectivity index (χ2n) is 8.86. The largest absolute Gasteiger partial charge is 0.466 e. The molecule has 0 aliphatic carbocycles. The Labute approximate surface area is 203 Å². The predicted octanol–water partition coefficient (Wildman–Crippen LogP) is 3.14. The molecule has 2 aromatic rings. The van der Waals surface area contributed by atoms with Crippen molar-refractivity contribution in [2.24, 2.45) is 5.92 Å². The number of alkyl halides is 3. The smallest absolute Gasteiger partial charge is 0.404 e. The van der Waals surface area contributed by atoms with E-state index in [4.69, 9.17) is 16.3 Å². The number of fused-ring (bicyclic) bond motifs is 5. The lowest BCUT2D eigenvalue weighted by molar-refractivity contribution is -0.179. The maximum absolute atomic E-state index is 14.6. The van der Waals surface area contributed by atoms with Crippen molar-refractivity contribution in [3.8, 4) is 0 Å². The van der Waals surface area contributed by atoms with Crippen molar-refractivity contribution in [1.82, 2.24) is 5.32 Å². The highest BCUT2D eigenvalue weighted by Gasteiger charge is 2.82. The molecule has 0 saturated carbocycles. The van der Waals surface area contributed by atoms with Crippen LogP contribution in [-0.2, 0) is 30.1 Å². The molecule has 3 aliphatic heterocycles. The van der Waals surface area contributed by atoms with Crippen molar-refractivity contribution in [2.45, 2.75) is 30.1 Å². The number of likely N-dealkylation sites (N-methyl/N-ethyl adjacent to an activating group) is 2. The van der Waals surface area contributed by atoms with E-state index < -0.39 is 46.9 Å². The van der Waals surface area contributed by atoms with E-state index in [2.05, 4.69) is 5.32 Å². The molecule has 3 aliphatic rings. The van der Waals surface area contributed by atoms with Gasteiger partial charge in [0.2, 0.25) is 5.91 Å². The third-order valence-corrected chi connectivity index (χ3v) is 7.57. The van der Waals surface area contributed by atoms with Crippen molar-refractivity contribution in [3.05, 3.63) is 58.6 Å². The predicted molar refractivity (Wildman–Crippen MR) is 121 cm³/mol. The fraction of sp³-hybridized carbons (Fsp3) is 0.375. The van der Waals surface area contributed by atoms with Gasteiger partial charge in [0, 0.05) is 30.4 Å². The van der Waals surface area contributed by atoms with Crippen LogP contribution in [0, 0.1) is 5.92 Å². The monoisotopic (exact) mass is 507 g/mol. The fourth-order valence-corrected chi connectivity index (χ4v) is 6.24. The van der Waals surface area contributed by atoms with Crippen LogP contribution in [0.15, 0.2) is 42.5 Å². The highest BCUT2D eigenvalue weighted by atomic mass is 35.5. The Morgan fingerprint density at radius 2 is 1.71 bits per heavy atom. The van der Waals surface area contributed by atoms with E-state index in [1.165, 1.54) is 55.1 Å². The summed E-state index contributed by atoms with van der Waals surface area (Å²) in [6.45, 7) is 1.27. The molecule has 35 heavy (non-hydrogen) atoms. The molecule has 0 radical (unpaired) electrons. The Balaban J connectivity index is 1.95. The van der Waals surface area contributed by atoms with Gasteiger partial charge >= 0.3 is 12.1 Å². The van der Waals surface area contributed by atoms with Crippen LogP contribution in [0.3, 0.4) is 0 Å². The third kappa shape index (κ3) is 2.69. The zero-order chi connectivity index (χ0) is 25.5. The average molecular weight is 508 g/mol. The number of esters is 1. The van der Waals surface area contributed by atoms with Gasteiger partial charge in [-0.2, -0.15) is 13.2 Å². The minimum Gasteiger partial charge on any atom is -0.466 e. The van der Waals surface area contributed by atoms with Crippen LogP contribution in [0.5, 0.6) is 0 Å². The number of amides is 2. The lowest BCUT2D eigenvalue weighted by Crippen LogP contribution is -2.63. The first kappa shape index (κ1) is 23.6. The van der Waals surface area contributed by atoms with Crippen molar-refractivity contribution in [3.63, 3.8) is 0 Å². The maximum atomic E-state index is 14.6. The van der Waals surface area contributed by atoms with E-state index in [0.29, 0.717) is 5.69 Å². The number of anilines is 2. The number of carbonyl (C=O) groups excluding carboxylic acids is 3. The average Bonchev–Trinajstić information content (AvgIpc) is 3.33. The molecule has 184 valence electrons. The number of benzene rings is 2. The van der Waals surface area contributed by atoms with Crippen LogP contribution < -0.4 is 15.1 Å². The van der Waals surface area contributed by atoms with Gasteiger partial charge in [0.25, 0.3) is 5.91 Å². The lowest BCUT2D eigenvalue weighted by Gasteiger charge is -2.40. The number of rotatable bonds is 2. The Morgan fingerprint density at radius 1 is 1.06 bits per heavy atom. The molecular weight excluding hydrogens is 487 g/mol. The number of hydrogen-bond donors (Lipinski definition) is 1. The zero-order valence-corrected chi connectivity index (χ0v) is 19.7. The standard InChI is InChI=1S/C24H21ClF3N3O4/c1-4-35-19(32)17-18(24(26,27)28)29-23(14-10-9-12(25)11-16(14)31(3)21(23)34)22(17)13-7-5-6-8-15(13)30(2)20(22)33/h5-11,17-18,29H,4H2,1-3H3/t17-,18-,22+,23+/m1/s1. The summed E-state index contributed by atoms with van der Waals surface area (Å²) >= 11 is 6.15. The first-order valence-electron chi connectivity index (χ1n) is 10.9. The Hall–Kier alpha value is -3.11. The van der Waals surface area contributed by atoms with Crippen molar-refractivity contribution in [2.75, 3.05) is 30.5 Å². The minimum absolute atomic E-state index is 0.133. The van der Waals surface area contributed by atoms with Gasteiger partial charge in [0.05, 0.1) is 12.3 Å². The molecule has 0 bridgehead atoms. The van der Waals surface area contributed by atoms with E-state index in [9.17, 15) is 27.6 Å². The molecule has 0 aromatic heterocycles. The summed E-state index contributed by atoms with van der Waals surface area (Å²) in [7, 11) is 2.82. The van der Waals surface area contributed by atoms with Gasteiger partial charge in [-0.1, -0.05) is 35.9 Å². The Kier molecular flexibility index (Phi) is 5.02. The molecule has 11 heteroatoms. The normalized spacial score (nSPS) is 29.3. The lowest BCUT2D eigenvalue weighted by atomic mass is 9.59. The summed E-state index contributed by atoms with van der Waals surface area (Å²) < 4.78 is 48.9. The summed E-state index contributed by atoms with van der Waals surface area (Å²) in [6.07, 6.45) is -4.99. The molecule has 2 spiro atoms. The van der Waals surface area contributed by atoms with E-state index in [0.717, 1.165) is 0 Å². The summed E-state index contributed by atoms with van der Waals surface area (Å²) in [6, 6.07) is 8.06. The van der Waals surface area contributed by atoms with Crippen molar-refractivity contribution in [1.29, 1.82) is 0 Å². The van der Waals surface area contributed by atoms with Crippen molar-refractivity contribution < 1.29 is 32.3 Å². The Morgan fingerprint density at radius 3 is 2.37 bits per heavy atom. The van der Waals surface area contributed by atoms with E-state index >= 15 is 0 Å². The molecule has 5 rings (SSSR count). The third-order valence-electron chi connectivity index (χ3n) is 7.34. The van der Waals surface area contributed by atoms with Crippen LogP contribution >= 0.6 is 11.6 Å². The molecular formula is C24H21ClF3N3O4. The highest BCUT2D eigenvalue weighted by Crippen LogP contribution is 2.65. The van der Waals surface area contributed by atoms with Crippen LogP contribution in [0.2, 0.25) is 5.02 Å². The number of nitrogens with one attached hydrogen (secondary N) is 1. The van der Waals surface area contributed by atoms with Gasteiger partial charge in [0.15, 0.2) is 0 Å².